The van der Waals surface area contributed by atoms with Crippen LogP contribution in [0.4, 0.5) is 0 Å². The molecule has 5 heterocycles. The summed E-state index contributed by atoms with van der Waals surface area (Å²) in [6.45, 7) is 0. The van der Waals surface area contributed by atoms with E-state index in [1.807, 2.05) is 0 Å². The lowest BCUT2D eigenvalue weighted by Crippen LogP contribution is -2.05. The molecule has 0 radical (unpaired) electrons. The van der Waals surface area contributed by atoms with Crippen LogP contribution in [-0.4, -0.2) is 23.3 Å². The van der Waals surface area contributed by atoms with Crippen LogP contribution in [0.3, 0.4) is 0 Å². The predicted molar refractivity (Wildman–Crippen MR) is 440 cm³/mol. The van der Waals surface area contributed by atoms with Gasteiger partial charge in [-0.25, -0.2) is 4.98 Å². The molecule has 105 heavy (non-hydrogen) atoms. The number of nitrogens with zero attached hydrogens (tertiary/aromatic N) is 6. The van der Waals surface area contributed by atoms with Crippen LogP contribution in [0, 0.1) is 11.3 Å². The zero-order valence-electron chi connectivity index (χ0n) is 56.7. The third-order valence-electron chi connectivity index (χ3n) is 21.5. The van der Waals surface area contributed by atoms with Crippen molar-refractivity contribution < 1.29 is 0 Å². The zero-order valence-corrected chi connectivity index (χ0v) is 57.5. The molecular formula is C98H60N6S. The lowest BCUT2D eigenvalue weighted by atomic mass is 9.76. The van der Waals surface area contributed by atoms with Gasteiger partial charge in [0.1, 0.15) is 11.1 Å². The molecule has 21 rings (SSSR count). The van der Waals surface area contributed by atoms with Crippen LogP contribution >= 0.6 is 11.3 Å². The Hall–Kier alpha value is -13.9. The van der Waals surface area contributed by atoms with Crippen molar-refractivity contribution >= 4 is 109 Å². The maximum absolute atomic E-state index is 13.0. The minimum Gasteiger partial charge on any atom is -0.309 e. The largest absolute Gasteiger partial charge is 0.309 e. The van der Waals surface area contributed by atoms with Gasteiger partial charge >= 0.3 is 0 Å². The molecule has 0 atom stereocenters. The van der Waals surface area contributed by atoms with Crippen LogP contribution in [-0.2, 0) is 0 Å². The molecule has 0 aliphatic carbocycles. The molecule has 0 aliphatic rings. The number of rotatable bonds is 11. The quantitative estimate of drug-likeness (QED) is 0.130. The molecule has 0 N–H and O–H groups in total. The number of benzene rings is 16. The van der Waals surface area contributed by atoms with Gasteiger partial charge in [-0.2, -0.15) is 5.26 Å². The molecule has 0 spiro atoms. The van der Waals surface area contributed by atoms with Gasteiger partial charge in [0.05, 0.1) is 59.9 Å². The summed E-state index contributed by atoms with van der Waals surface area (Å²) in [5.41, 5.74) is 27.0. The van der Waals surface area contributed by atoms with E-state index in [1.54, 1.807) is 11.3 Å². The molecule has 0 saturated heterocycles. The van der Waals surface area contributed by atoms with Gasteiger partial charge in [0.15, 0.2) is 0 Å². The third kappa shape index (κ3) is 9.38. The lowest BCUT2D eigenvalue weighted by Gasteiger charge is -2.27. The fourth-order valence-corrected chi connectivity index (χ4v) is 18.0. The van der Waals surface area contributed by atoms with Gasteiger partial charge in [-0.05, 0) is 143 Å². The summed E-state index contributed by atoms with van der Waals surface area (Å²) in [7, 11) is 0. The van der Waals surface area contributed by atoms with E-state index in [0.717, 1.165) is 154 Å². The molecular weight excluding hydrogens is 1290 g/mol. The average molecular weight is 1350 g/mol. The van der Waals surface area contributed by atoms with Crippen LogP contribution in [0.5, 0.6) is 0 Å². The molecule has 0 unspecified atom stereocenters. The maximum atomic E-state index is 13.0. The highest BCUT2D eigenvalue weighted by atomic mass is 32.1. The van der Waals surface area contributed by atoms with E-state index in [4.69, 9.17) is 4.98 Å². The van der Waals surface area contributed by atoms with Gasteiger partial charge in [0.25, 0.3) is 0 Å². The van der Waals surface area contributed by atoms with Crippen molar-refractivity contribution in [1.82, 2.24) is 23.3 Å². The van der Waals surface area contributed by atoms with E-state index >= 15 is 0 Å². The highest BCUT2D eigenvalue weighted by Gasteiger charge is 2.34. The summed E-state index contributed by atoms with van der Waals surface area (Å²) in [6.07, 6.45) is 0. The average Bonchev–Trinajstić information content (AvgIpc) is 1.68. The molecule has 6 nitrogen and oxygen atoms in total. The van der Waals surface area contributed by atoms with Crippen LogP contribution in [0.25, 0.3) is 198 Å². The van der Waals surface area contributed by atoms with Gasteiger partial charge in [-0.3, -0.25) is 0 Å². The zero-order chi connectivity index (χ0) is 69.2. The summed E-state index contributed by atoms with van der Waals surface area (Å²) >= 11 is 1.64. The summed E-state index contributed by atoms with van der Waals surface area (Å²) in [6, 6.07) is 135. The Morgan fingerprint density at radius 2 is 0.600 bits per heavy atom. The normalized spacial score (nSPS) is 11.8. The number of thiazole rings is 1. The van der Waals surface area contributed by atoms with Gasteiger partial charge in [0, 0.05) is 105 Å². The first-order chi connectivity index (χ1) is 52.1. The first-order valence-electron chi connectivity index (χ1n) is 35.6. The molecule has 0 bridgehead atoms. The SMILES string of the molecule is N#Cc1c(-c2ccc(-n3c4ccccc4c4cc(-c5ccccc5)ccc43)cc2)c(-c2cccc3c4ccccc4n(-c4ccccc4)c23)c(-c2cccc3c4ccccc4n(-c4ccccc4)c23)c(-c2ccc(-n3c4ccccc4c4cc(-c5ccccc5)ccc43)cc2)c1-c1nc2ccccc2s1. The fraction of sp³-hybridized carbons (Fsp3) is 0. The molecule has 7 heteroatoms. The molecule has 0 aliphatic heterocycles. The standard InChI is InChI=1S/C98H60N6S/c99-61-82-91(64-47-53-70(54-48-64)101-84-42-18-15-35-74(84)80-59-66(51-57-88(80)101)62-25-5-1-6-26-62)93(78-39-23-37-76-72-33-13-20-44-86(72)103(96(76)78)68-29-9-3-10-30-68)94(79-40-24-38-77-73-34-14-21-45-87(73)104(97(77)79)69-31-11-4-12-32-69)92(95(82)98-100-83-41-17-22-46-90(83)105-98)65-49-55-71(56-50-65)102-85-43-19-16-36-75(85)81-60-67(52-58-89(81)102)63-27-7-2-8-28-63/h1-60H. The molecule has 0 amide bonds. The number of aromatic nitrogens is 5. The van der Waals surface area contributed by atoms with E-state index in [-0.39, 0.29) is 0 Å². The smallest absolute Gasteiger partial charge is 0.126 e. The molecule has 16 aromatic carbocycles. The van der Waals surface area contributed by atoms with Gasteiger partial charge < -0.3 is 18.3 Å². The van der Waals surface area contributed by atoms with E-state index < -0.39 is 0 Å². The Kier molecular flexibility index (Phi) is 13.8. The highest BCUT2D eigenvalue weighted by molar-refractivity contribution is 7.21. The summed E-state index contributed by atoms with van der Waals surface area (Å²) in [5, 5.41) is 23.0. The predicted octanol–water partition coefficient (Wildman–Crippen LogP) is 26.2. The minimum atomic E-state index is 0.525. The van der Waals surface area contributed by atoms with Crippen molar-refractivity contribution in [2.24, 2.45) is 0 Å². The van der Waals surface area contributed by atoms with Crippen molar-refractivity contribution in [1.29, 1.82) is 5.26 Å². The topological polar surface area (TPSA) is 56.4 Å². The molecule has 488 valence electrons. The first-order valence-corrected chi connectivity index (χ1v) is 36.5. The number of hydrogen-bond acceptors (Lipinski definition) is 3. The van der Waals surface area contributed by atoms with E-state index in [2.05, 4.69) is 388 Å². The second kappa shape index (κ2) is 24.2. The minimum absolute atomic E-state index is 0.525. The lowest BCUT2D eigenvalue weighted by molar-refractivity contribution is 1.18. The van der Waals surface area contributed by atoms with Crippen LogP contribution in [0.15, 0.2) is 364 Å². The Morgan fingerprint density at radius 3 is 1.06 bits per heavy atom. The van der Waals surface area contributed by atoms with Crippen LogP contribution in [0.2, 0.25) is 0 Å². The van der Waals surface area contributed by atoms with Crippen LogP contribution < -0.4 is 0 Å². The van der Waals surface area contributed by atoms with Crippen molar-refractivity contribution in [3.05, 3.63) is 370 Å². The van der Waals surface area contributed by atoms with Crippen molar-refractivity contribution in [3.63, 3.8) is 0 Å². The molecule has 0 fully saturated rings. The Morgan fingerprint density at radius 1 is 0.248 bits per heavy atom. The molecule has 5 aromatic heterocycles. The molecule has 0 saturated carbocycles. The van der Waals surface area contributed by atoms with Gasteiger partial charge in [-0.1, -0.05) is 255 Å². The summed E-state index contributed by atoms with van der Waals surface area (Å²) in [5.74, 6) is 0. The highest BCUT2D eigenvalue weighted by Crippen LogP contribution is 2.57. The van der Waals surface area contributed by atoms with Crippen LogP contribution in [0.1, 0.15) is 5.56 Å². The van der Waals surface area contributed by atoms with E-state index in [9.17, 15) is 5.26 Å². The van der Waals surface area contributed by atoms with Crippen molar-refractivity contribution in [2.45, 2.75) is 0 Å². The molecule has 21 aromatic rings. The van der Waals surface area contributed by atoms with Crippen molar-refractivity contribution in [2.75, 3.05) is 0 Å². The van der Waals surface area contributed by atoms with E-state index in [0.29, 0.717) is 5.56 Å². The number of para-hydroxylation sites is 9. The Bertz CT molecular complexity index is 7080. The monoisotopic (exact) mass is 1350 g/mol. The first kappa shape index (κ1) is 59.9. The fourth-order valence-electron chi connectivity index (χ4n) is 17.0. The Labute approximate surface area is 608 Å². The van der Waals surface area contributed by atoms with E-state index in [1.165, 1.54) is 43.8 Å². The van der Waals surface area contributed by atoms with Gasteiger partial charge in [-0.15, -0.1) is 11.3 Å². The second-order valence-corrected chi connectivity index (χ2v) is 28.2. The Balaban J connectivity index is 0.923. The summed E-state index contributed by atoms with van der Waals surface area (Å²) in [4.78, 5) is 5.68. The number of hydrogen-bond donors (Lipinski definition) is 0. The van der Waals surface area contributed by atoms with Crippen molar-refractivity contribution in [3.8, 4) is 106 Å². The second-order valence-electron chi connectivity index (χ2n) is 27.1. The maximum Gasteiger partial charge on any atom is 0.126 e. The third-order valence-corrected chi connectivity index (χ3v) is 22.5. The van der Waals surface area contributed by atoms with Gasteiger partial charge in [0.2, 0.25) is 0 Å². The number of fused-ring (bicyclic) bond motifs is 13. The summed E-state index contributed by atoms with van der Waals surface area (Å²) < 4.78 is 10.7. The number of nitriles is 1.